The van der Waals surface area contributed by atoms with Crippen molar-refractivity contribution in [2.75, 3.05) is 11.9 Å². The van der Waals surface area contributed by atoms with Gasteiger partial charge in [-0.15, -0.1) is 0 Å². The molecule has 0 atom stereocenters. The Kier molecular flexibility index (Phi) is 7.30. The average molecular weight is 497 g/mol. The molecule has 1 heterocycles. The number of hydrogen-bond acceptors (Lipinski definition) is 5. The number of nitrogens with zero attached hydrogens (tertiary/aromatic N) is 1. The van der Waals surface area contributed by atoms with E-state index in [2.05, 4.69) is 5.32 Å². The molecule has 172 valence electrons. The summed E-state index contributed by atoms with van der Waals surface area (Å²) in [6.07, 6.45) is 1.54. The van der Waals surface area contributed by atoms with E-state index in [-0.39, 0.29) is 29.0 Å². The minimum Gasteiger partial charge on any atom is -0.483 e. The second-order valence-corrected chi connectivity index (χ2v) is 8.64. The molecule has 3 aromatic carbocycles. The first-order valence-electron chi connectivity index (χ1n) is 10.2. The highest BCUT2D eigenvalue weighted by atomic mass is 35.5. The van der Waals surface area contributed by atoms with Gasteiger partial charge in [0.15, 0.2) is 6.61 Å². The molecule has 0 aromatic heterocycles. The number of halogens is 2. The minimum absolute atomic E-state index is 0.0705. The standard InChI is InChI=1S/C25H18ClFN2O4S/c26-20-13-18(27)11-10-17(20)14-29-24(31)22(34-25(29)32)12-16-6-4-5-9-21(16)33-15-23(30)28-19-7-2-1-3-8-19/h1-13H,14-15H2,(H,28,30)/b22-12-. The van der Waals surface area contributed by atoms with Gasteiger partial charge in [-0.2, -0.15) is 0 Å². The molecule has 0 unspecified atom stereocenters. The van der Waals surface area contributed by atoms with Gasteiger partial charge in [-0.3, -0.25) is 19.3 Å². The molecule has 1 N–H and O–H groups in total. The lowest BCUT2D eigenvalue weighted by molar-refractivity contribution is -0.123. The lowest BCUT2D eigenvalue weighted by atomic mass is 10.1. The molecule has 9 heteroatoms. The molecular formula is C25H18ClFN2O4S. The van der Waals surface area contributed by atoms with Gasteiger partial charge >= 0.3 is 0 Å². The highest BCUT2D eigenvalue weighted by Crippen LogP contribution is 2.35. The van der Waals surface area contributed by atoms with Gasteiger partial charge in [0.05, 0.1) is 11.4 Å². The summed E-state index contributed by atoms with van der Waals surface area (Å²) in [5.74, 6) is -0.944. The molecule has 3 aromatic rings. The van der Waals surface area contributed by atoms with Crippen LogP contribution in [0, 0.1) is 5.82 Å². The van der Waals surface area contributed by atoms with E-state index >= 15 is 0 Å². The van der Waals surface area contributed by atoms with Crippen LogP contribution in [0.1, 0.15) is 11.1 Å². The third kappa shape index (κ3) is 5.65. The van der Waals surface area contributed by atoms with Crippen molar-refractivity contribution in [2.24, 2.45) is 0 Å². The van der Waals surface area contributed by atoms with Crippen molar-refractivity contribution in [3.8, 4) is 5.75 Å². The lowest BCUT2D eigenvalue weighted by Gasteiger charge is -2.13. The minimum atomic E-state index is -0.503. The zero-order valence-corrected chi connectivity index (χ0v) is 19.2. The monoisotopic (exact) mass is 496 g/mol. The summed E-state index contributed by atoms with van der Waals surface area (Å²) < 4.78 is 19.0. The number of para-hydroxylation sites is 2. The van der Waals surface area contributed by atoms with Crippen LogP contribution >= 0.6 is 23.4 Å². The summed E-state index contributed by atoms with van der Waals surface area (Å²) in [6.45, 7) is -0.302. The van der Waals surface area contributed by atoms with E-state index in [1.807, 2.05) is 18.2 Å². The Bertz CT molecular complexity index is 1280. The Morgan fingerprint density at radius 1 is 1.06 bits per heavy atom. The Morgan fingerprint density at radius 3 is 2.56 bits per heavy atom. The molecule has 0 aliphatic carbocycles. The molecule has 0 bridgehead atoms. The normalized spacial score (nSPS) is 14.5. The van der Waals surface area contributed by atoms with Crippen LogP contribution in [-0.4, -0.2) is 28.6 Å². The molecule has 0 spiro atoms. The van der Waals surface area contributed by atoms with Crippen LogP contribution in [0.25, 0.3) is 6.08 Å². The van der Waals surface area contributed by atoms with Crippen molar-refractivity contribution in [3.05, 3.63) is 99.7 Å². The first-order valence-corrected chi connectivity index (χ1v) is 11.4. The van der Waals surface area contributed by atoms with Crippen molar-refractivity contribution < 1.29 is 23.5 Å². The van der Waals surface area contributed by atoms with Gasteiger partial charge in [-0.05, 0) is 53.7 Å². The van der Waals surface area contributed by atoms with E-state index < -0.39 is 17.0 Å². The second kappa shape index (κ2) is 10.5. The van der Waals surface area contributed by atoms with E-state index in [1.54, 1.807) is 42.5 Å². The van der Waals surface area contributed by atoms with E-state index in [0.717, 1.165) is 22.7 Å². The first kappa shape index (κ1) is 23.5. The third-order valence-electron chi connectivity index (χ3n) is 4.84. The Labute approximate surface area is 204 Å². The molecule has 1 aliphatic heterocycles. The first-order chi connectivity index (χ1) is 16.4. The number of anilines is 1. The maximum Gasteiger partial charge on any atom is 0.293 e. The van der Waals surface area contributed by atoms with E-state index in [1.165, 1.54) is 12.1 Å². The number of nitrogens with one attached hydrogen (secondary N) is 1. The SMILES string of the molecule is O=C(COc1ccccc1/C=C1\SC(=O)N(Cc2ccc(F)cc2Cl)C1=O)Nc1ccccc1. The zero-order valence-electron chi connectivity index (χ0n) is 17.7. The van der Waals surface area contributed by atoms with Crippen LogP contribution < -0.4 is 10.1 Å². The molecule has 0 radical (unpaired) electrons. The maximum absolute atomic E-state index is 13.3. The molecule has 34 heavy (non-hydrogen) atoms. The largest absolute Gasteiger partial charge is 0.483 e. The van der Waals surface area contributed by atoms with Gasteiger partial charge in [-0.25, -0.2) is 4.39 Å². The van der Waals surface area contributed by atoms with E-state index in [9.17, 15) is 18.8 Å². The summed E-state index contributed by atoms with van der Waals surface area (Å²) in [6, 6.07) is 19.7. The molecule has 0 saturated carbocycles. The van der Waals surface area contributed by atoms with Crippen molar-refractivity contribution in [1.82, 2.24) is 4.90 Å². The van der Waals surface area contributed by atoms with Crippen molar-refractivity contribution in [3.63, 3.8) is 0 Å². The Morgan fingerprint density at radius 2 is 1.79 bits per heavy atom. The quantitative estimate of drug-likeness (QED) is 0.422. The molecule has 1 saturated heterocycles. The molecule has 1 fully saturated rings. The van der Waals surface area contributed by atoms with Crippen molar-refractivity contribution in [1.29, 1.82) is 0 Å². The number of hydrogen-bond donors (Lipinski definition) is 1. The Balaban J connectivity index is 1.46. The van der Waals surface area contributed by atoms with Crippen LogP contribution in [0.2, 0.25) is 5.02 Å². The van der Waals surface area contributed by atoms with Gasteiger partial charge < -0.3 is 10.1 Å². The van der Waals surface area contributed by atoms with E-state index in [4.69, 9.17) is 16.3 Å². The number of rotatable bonds is 7. The third-order valence-corrected chi connectivity index (χ3v) is 6.10. The zero-order chi connectivity index (χ0) is 24.1. The fraction of sp³-hybridized carbons (Fsp3) is 0.0800. The molecule has 3 amide bonds. The number of ether oxygens (including phenoxy) is 1. The van der Waals surface area contributed by atoms with Gasteiger partial charge in [0.25, 0.3) is 17.1 Å². The smallest absolute Gasteiger partial charge is 0.293 e. The fourth-order valence-electron chi connectivity index (χ4n) is 3.19. The summed E-state index contributed by atoms with van der Waals surface area (Å²) in [5, 5.41) is 2.41. The van der Waals surface area contributed by atoms with Crippen molar-refractivity contribution >= 4 is 52.2 Å². The van der Waals surface area contributed by atoms with Crippen LogP contribution in [0.15, 0.2) is 77.7 Å². The lowest BCUT2D eigenvalue weighted by Crippen LogP contribution is -2.27. The number of amides is 3. The van der Waals surface area contributed by atoms with Crippen LogP contribution in [0.5, 0.6) is 5.75 Å². The van der Waals surface area contributed by atoms with Gasteiger partial charge in [-0.1, -0.05) is 54.1 Å². The van der Waals surface area contributed by atoms with Gasteiger partial charge in [0.1, 0.15) is 11.6 Å². The number of carbonyl (C=O) groups excluding carboxylic acids is 3. The van der Waals surface area contributed by atoms with Crippen LogP contribution in [0.3, 0.4) is 0 Å². The number of carbonyl (C=O) groups is 3. The summed E-state index contributed by atoms with van der Waals surface area (Å²) in [5.41, 5.74) is 1.65. The van der Waals surface area contributed by atoms with E-state index in [0.29, 0.717) is 22.6 Å². The molecule has 6 nitrogen and oxygen atoms in total. The molecule has 4 rings (SSSR count). The van der Waals surface area contributed by atoms with Gasteiger partial charge in [0.2, 0.25) is 0 Å². The highest BCUT2D eigenvalue weighted by molar-refractivity contribution is 8.18. The predicted octanol–water partition coefficient (Wildman–Crippen LogP) is 5.73. The summed E-state index contributed by atoms with van der Waals surface area (Å²) >= 11 is 6.83. The number of benzene rings is 3. The topological polar surface area (TPSA) is 75.7 Å². The number of thioether (sulfide) groups is 1. The average Bonchev–Trinajstić information content (AvgIpc) is 3.08. The Hall–Kier alpha value is -3.62. The van der Waals surface area contributed by atoms with Crippen molar-refractivity contribution in [2.45, 2.75) is 6.54 Å². The van der Waals surface area contributed by atoms with Crippen LogP contribution in [-0.2, 0) is 16.1 Å². The molecule has 1 aliphatic rings. The predicted molar refractivity (Wildman–Crippen MR) is 130 cm³/mol. The maximum atomic E-state index is 13.3. The number of imide groups is 1. The highest BCUT2D eigenvalue weighted by Gasteiger charge is 2.35. The van der Waals surface area contributed by atoms with Gasteiger partial charge in [0, 0.05) is 16.3 Å². The molecular weight excluding hydrogens is 479 g/mol. The summed E-state index contributed by atoms with van der Waals surface area (Å²) in [7, 11) is 0. The van der Waals surface area contributed by atoms with Crippen LogP contribution in [0.4, 0.5) is 14.9 Å². The fourth-order valence-corrected chi connectivity index (χ4v) is 4.25. The summed E-state index contributed by atoms with van der Waals surface area (Å²) in [4.78, 5) is 38.8. The second-order valence-electron chi connectivity index (χ2n) is 7.24.